The minimum Gasteiger partial charge on any atom is -0.479 e. The zero-order valence-electron chi connectivity index (χ0n) is 49.0. The van der Waals surface area contributed by atoms with Crippen LogP contribution >= 0.6 is 0 Å². The molecule has 2 saturated heterocycles. The van der Waals surface area contributed by atoms with E-state index in [2.05, 4.69) is 31.3 Å². The Labute approximate surface area is 486 Å². The van der Waals surface area contributed by atoms with Crippen LogP contribution in [0.3, 0.4) is 0 Å². The van der Waals surface area contributed by atoms with Crippen LogP contribution in [0.4, 0.5) is 21.0 Å². The molecule has 2 fully saturated rings. The summed E-state index contributed by atoms with van der Waals surface area (Å²) in [7, 11) is 7.67. The van der Waals surface area contributed by atoms with Gasteiger partial charge in [0.25, 0.3) is 0 Å². The van der Waals surface area contributed by atoms with Crippen molar-refractivity contribution in [2.24, 2.45) is 17.8 Å². The number of anilines is 2. The van der Waals surface area contributed by atoms with E-state index in [1.54, 1.807) is 24.0 Å². The molecular formula is C60H84N6O17. The molecule has 23 nitrogen and oxygen atoms in total. The van der Waals surface area contributed by atoms with E-state index in [1.165, 1.54) is 35.6 Å². The lowest BCUT2D eigenvalue weighted by molar-refractivity contribution is -0.271. The van der Waals surface area contributed by atoms with Crippen LogP contribution in [0.15, 0.2) is 97.1 Å². The molecule has 3 amide bonds. The average molecular weight is 1160 g/mol. The Morgan fingerprint density at radius 1 is 0.566 bits per heavy atom. The van der Waals surface area contributed by atoms with Crippen LogP contribution in [0.1, 0.15) is 56.9 Å². The number of rotatable bonds is 27. The van der Waals surface area contributed by atoms with E-state index in [9.17, 15) is 44.4 Å². The number of carboxylic acids is 1. The summed E-state index contributed by atoms with van der Waals surface area (Å²) in [5, 5.41) is 42.1. The number of nitrogens with zero attached hydrogens (tertiary/aromatic N) is 4. The molecule has 4 aromatic carbocycles. The van der Waals surface area contributed by atoms with Gasteiger partial charge in [0.2, 0.25) is 18.5 Å². The largest absolute Gasteiger partial charge is 0.479 e. The number of ketones is 1. The predicted octanol–water partition coefficient (Wildman–Crippen LogP) is 5.22. The second-order valence-electron chi connectivity index (χ2n) is 21.3. The summed E-state index contributed by atoms with van der Waals surface area (Å²) in [5.74, 6) is -1.17. The van der Waals surface area contributed by atoms with Crippen LogP contribution in [0.5, 0.6) is 11.5 Å². The van der Waals surface area contributed by atoms with Gasteiger partial charge in [0.1, 0.15) is 62.6 Å². The molecule has 6 unspecified atom stereocenters. The van der Waals surface area contributed by atoms with Crippen LogP contribution < -0.4 is 20.5 Å². The van der Waals surface area contributed by atoms with Crippen molar-refractivity contribution in [3.05, 3.63) is 119 Å². The van der Waals surface area contributed by atoms with Crippen LogP contribution in [-0.2, 0) is 68.9 Å². The number of aliphatic carboxylic acids is 1. The minimum absolute atomic E-state index is 0.00814. The maximum absolute atomic E-state index is 12.9. The van der Waals surface area contributed by atoms with Crippen molar-refractivity contribution in [3.63, 3.8) is 0 Å². The molecular weight excluding hydrogens is 1080 g/mol. The SMILES string of the molecule is CC(=O)C1OC(Oc2ccc(COC(=O)N(CCN(C)C)COCCc3ccccc3)cc2N)[C@@H](C)[C@@H](C)C1C.CC(=O)Nc1cc(COC(=O)N(CCN(C)C)COCCc2ccccc2)ccc1OC1OC(C(=O)O)C(O)[C@H](O)[C@@H]1O. The average Bonchev–Trinajstić information content (AvgIpc) is 3.66. The van der Waals surface area contributed by atoms with Crippen molar-refractivity contribution in [3.8, 4) is 11.5 Å². The van der Waals surface area contributed by atoms with Crippen molar-refractivity contribution in [2.45, 2.75) is 104 Å². The van der Waals surface area contributed by atoms with Crippen molar-refractivity contribution in [2.75, 3.05) is 92.1 Å². The zero-order valence-corrected chi connectivity index (χ0v) is 49.0. The first kappa shape index (κ1) is 66.9. The molecule has 2 heterocycles. The van der Waals surface area contributed by atoms with Crippen molar-refractivity contribution >= 4 is 41.2 Å². The van der Waals surface area contributed by atoms with Gasteiger partial charge in [-0.3, -0.25) is 19.4 Å². The highest BCUT2D eigenvalue weighted by molar-refractivity contribution is 5.90. The van der Waals surface area contributed by atoms with Crippen LogP contribution in [-0.4, -0.2) is 194 Å². The fourth-order valence-corrected chi connectivity index (χ4v) is 8.80. The van der Waals surface area contributed by atoms with E-state index in [0.717, 1.165) is 17.5 Å². The Morgan fingerprint density at radius 3 is 1.52 bits per heavy atom. The van der Waals surface area contributed by atoms with Crippen LogP contribution in [0, 0.1) is 17.8 Å². The van der Waals surface area contributed by atoms with E-state index in [-0.39, 0.29) is 61.6 Å². The highest BCUT2D eigenvalue weighted by Gasteiger charge is 2.48. The number of hydrogen-bond donors (Lipinski definition) is 6. The molecule has 2 aliphatic rings. The van der Waals surface area contributed by atoms with Gasteiger partial charge in [-0.1, -0.05) is 93.6 Å². The summed E-state index contributed by atoms with van der Waals surface area (Å²) in [6.45, 7) is 12.1. The highest BCUT2D eigenvalue weighted by atomic mass is 16.7. The molecule has 2 aliphatic heterocycles. The third-order valence-electron chi connectivity index (χ3n) is 14.1. The molecule has 0 radical (unpaired) electrons. The lowest BCUT2D eigenvalue weighted by atomic mass is 9.78. The van der Waals surface area contributed by atoms with Crippen molar-refractivity contribution < 1.29 is 82.3 Å². The normalized spacial score (nSPS) is 22.1. The third-order valence-corrected chi connectivity index (χ3v) is 14.1. The van der Waals surface area contributed by atoms with E-state index in [1.807, 2.05) is 99.5 Å². The third kappa shape index (κ3) is 21.3. The maximum atomic E-state index is 12.9. The fourth-order valence-electron chi connectivity index (χ4n) is 8.80. The number of nitrogens with one attached hydrogen (secondary N) is 1. The first-order valence-electron chi connectivity index (χ1n) is 27.6. The number of aliphatic hydroxyl groups is 3. The number of nitrogens with two attached hydrogens (primary N) is 1. The van der Waals surface area contributed by atoms with Gasteiger partial charge in [-0.25, -0.2) is 14.4 Å². The molecule has 0 bridgehead atoms. The number of Topliss-reactive ketones (excluding diaryl/α,β-unsaturated/α-hetero) is 1. The highest BCUT2D eigenvalue weighted by Crippen LogP contribution is 2.38. The van der Waals surface area contributed by atoms with Gasteiger partial charge in [-0.15, -0.1) is 0 Å². The molecule has 83 heavy (non-hydrogen) atoms. The number of likely N-dealkylation sites (N-methyl/N-ethyl adjacent to an activating group) is 2. The summed E-state index contributed by atoms with van der Waals surface area (Å²) in [4.78, 5) is 68.1. The number of carbonyl (C=O) groups is 5. The van der Waals surface area contributed by atoms with Crippen molar-refractivity contribution in [1.82, 2.24) is 19.6 Å². The lowest BCUT2D eigenvalue weighted by Crippen LogP contribution is -2.61. The van der Waals surface area contributed by atoms with E-state index in [0.29, 0.717) is 62.8 Å². The summed E-state index contributed by atoms with van der Waals surface area (Å²) < 4.78 is 45.6. The molecule has 10 atom stereocenters. The molecule has 0 aliphatic carbocycles. The lowest BCUT2D eigenvalue weighted by Gasteiger charge is -2.42. The summed E-state index contributed by atoms with van der Waals surface area (Å²) in [6, 6.07) is 29.6. The first-order chi connectivity index (χ1) is 39.5. The Kier molecular flexibility index (Phi) is 26.9. The fraction of sp³-hybridized carbons (Fsp3) is 0.517. The summed E-state index contributed by atoms with van der Waals surface area (Å²) in [5.41, 5.74) is 10.3. The van der Waals surface area contributed by atoms with Gasteiger partial charge >= 0.3 is 18.2 Å². The minimum atomic E-state index is -1.88. The Bertz CT molecular complexity index is 2670. The molecule has 7 N–H and O–H groups in total. The molecule has 0 spiro atoms. The predicted molar refractivity (Wildman–Crippen MR) is 307 cm³/mol. The molecule has 456 valence electrons. The van der Waals surface area contributed by atoms with Crippen molar-refractivity contribution in [1.29, 1.82) is 0 Å². The molecule has 6 rings (SSSR count). The number of nitrogen functional groups attached to an aromatic ring is 1. The maximum Gasteiger partial charge on any atom is 0.411 e. The monoisotopic (exact) mass is 1160 g/mol. The quantitative estimate of drug-likeness (QED) is 0.0253. The van der Waals surface area contributed by atoms with E-state index >= 15 is 0 Å². The Hall–Kier alpha value is -6.93. The molecule has 4 aromatic rings. The molecule has 0 aromatic heterocycles. The van der Waals surface area contributed by atoms with Crippen LogP contribution in [0.25, 0.3) is 0 Å². The standard InChI is InChI=1S/C31H45N3O6.C29H39N3O11/c1-21-22(2)29(24(4)35)40-30(23(21)3)39-28-13-12-26(18-27(28)32)19-38-31(36)34(16-15-33(5)6)20-37-17-14-25-10-8-7-9-11-25;1-18(33)30-21-15-20(9-10-22(21)42-28-25(36)23(34)24(35)26(43-28)27(37)38)16-41-29(39)32(13-12-31(2)3)17-40-14-11-19-7-5-4-6-8-19/h7-13,18,21-23,29-30H,14-17,19-20,32H2,1-6H3;4-10,15,23-26,28,34-36H,11-14,16-17H2,1-3H3,(H,30,33)(H,37,38)/t21-,22?,23-,29?,30?;23-,24?,25-,26?,28?/m00/s1. The number of hydrogen-bond acceptors (Lipinski definition) is 19. The number of benzene rings is 4. The number of amides is 3. The van der Waals surface area contributed by atoms with E-state index < -0.39 is 67.2 Å². The van der Waals surface area contributed by atoms with Gasteiger partial charge in [-0.2, -0.15) is 0 Å². The number of ether oxygens (including phenoxy) is 8. The summed E-state index contributed by atoms with van der Waals surface area (Å²) >= 11 is 0. The molecule has 0 saturated carbocycles. The van der Waals surface area contributed by atoms with Gasteiger partial charge in [0, 0.05) is 39.0 Å². The number of carboxylic acid groups (broad SMARTS) is 1. The Balaban J connectivity index is 0.000000305. The number of carbonyl (C=O) groups excluding carboxylic acids is 4. The van der Waals surface area contributed by atoms with E-state index in [4.69, 9.17) is 43.6 Å². The van der Waals surface area contributed by atoms with Gasteiger partial charge in [0.15, 0.2) is 11.9 Å². The number of aliphatic hydroxyl groups excluding tert-OH is 3. The molecule has 23 heteroatoms. The smallest absolute Gasteiger partial charge is 0.411 e. The summed E-state index contributed by atoms with van der Waals surface area (Å²) in [6.07, 6.45) is -9.76. The second-order valence-corrected chi connectivity index (χ2v) is 21.3. The first-order valence-corrected chi connectivity index (χ1v) is 27.6. The zero-order chi connectivity index (χ0) is 60.8. The van der Waals surface area contributed by atoms with Crippen LogP contribution in [0.2, 0.25) is 0 Å². The second kappa shape index (κ2) is 33.4. The van der Waals surface area contributed by atoms with Gasteiger partial charge in [-0.05, 0) is 106 Å². The van der Waals surface area contributed by atoms with Gasteiger partial charge < -0.3 is 79.2 Å². The van der Waals surface area contributed by atoms with Gasteiger partial charge in [0.05, 0.1) is 24.6 Å². The Morgan fingerprint density at radius 2 is 1.05 bits per heavy atom. The topological polar surface area (TPSA) is 291 Å².